The molecule has 1 heterocycles. The van der Waals surface area contributed by atoms with E-state index in [2.05, 4.69) is 24.7 Å². The summed E-state index contributed by atoms with van der Waals surface area (Å²) in [5.74, 6) is 1.26. The lowest BCUT2D eigenvalue weighted by molar-refractivity contribution is 0.625. The molecule has 11 heavy (non-hydrogen) atoms. The van der Waals surface area contributed by atoms with Gasteiger partial charge in [-0.15, -0.1) is 0 Å². The van der Waals surface area contributed by atoms with Crippen LogP contribution in [-0.4, -0.2) is 0 Å². The van der Waals surface area contributed by atoms with Gasteiger partial charge in [0.15, 0.2) is 0 Å². The first-order chi connectivity index (χ1) is 5.24. The van der Waals surface area contributed by atoms with Gasteiger partial charge in [-0.2, -0.15) is 0 Å². The highest BCUT2D eigenvalue weighted by molar-refractivity contribution is 5.25. The van der Waals surface area contributed by atoms with Crippen molar-refractivity contribution in [2.75, 3.05) is 0 Å². The lowest BCUT2D eigenvalue weighted by atomic mass is 9.99. The Morgan fingerprint density at radius 1 is 1.64 bits per heavy atom. The van der Waals surface area contributed by atoms with Gasteiger partial charge in [0.05, 0.1) is 0 Å². The average Bonchev–Trinajstić information content (AvgIpc) is 2.03. The van der Waals surface area contributed by atoms with Crippen LogP contribution in [0.15, 0.2) is 23.7 Å². The molecule has 0 aromatic heterocycles. The van der Waals surface area contributed by atoms with E-state index >= 15 is 0 Å². The molecule has 0 bridgehead atoms. The van der Waals surface area contributed by atoms with Gasteiger partial charge in [0, 0.05) is 6.20 Å². The van der Waals surface area contributed by atoms with Crippen LogP contribution in [-0.2, 0) is 0 Å². The van der Waals surface area contributed by atoms with Crippen LogP contribution in [0.1, 0.15) is 20.3 Å². The minimum atomic E-state index is 0.572. The predicted molar refractivity (Wildman–Crippen MR) is 46.1 cm³/mol. The zero-order chi connectivity index (χ0) is 8.27. The van der Waals surface area contributed by atoms with E-state index in [1.54, 1.807) is 0 Å². The number of hydrogen-bond donors (Lipinski definition) is 3. The molecule has 3 heteroatoms. The molecule has 0 saturated carbocycles. The lowest BCUT2D eigenvalue weighted by Gasteiger charge is -2.17. The molecule has 0 saturated heterocycles. The number of rotatable bonds is 2. The second-order valence-corrected chi connectivity index (χ2v) is 2.82. The first-order valence-corrected chi connectivity index (χ1v) is 3.92. The molecular formula is C8H15N3. The summed E-state index contributed by atoms with van der Waals surface area (Å²) in [5.41, 5.74) is 12.5. The molecule has 0 aliphatic carbocycles. The Hall–Kier alpha value is -1.12. The summed E-state index contributed by atoms with van der Waals surface area (Å²) in [4.78, 5) is 0. The Kier molecular flexibility index (Phi) is 2.41. The van der Waals surface area contributed by atoms with Gasteiger partial charge in [-0.05, 0) is 24.0 Å². The molecule has 1 aliphatic heterocycles. The smallest absolute Gasteiger partial charge is 0.115 e. The summed E-state index contributed by atoms with van der Waals surface area (Å²) in [6.45, 7) is 4.35. The molecule has 62 valence electrons. The molecular weight excluding hydrogens is 138 g/mol. The number of nitrogens with two attached hydrogens (primary N) is 1. The van der Waals surface area contributed by atoms with Gasteiger partial charge in [0.2, 0.25) is 0 Å². The zero-order valence-corrected chi connectivity index (χ0v) is 7.02. The third-order valence-corrected chi connectivity index (χ3v) is 1.96. The van der Waals surface area contributed by atoms with Crippen LogP contribution >= 0.6 is 0 Å². The lowest BCUT2D eigenvalue weighted by Crippen LogP contribution is -2.34. The third-order valence-electron chi connectivity index (χ3n) is 1.96. The number of nitrogens with one attached hydrogen (secondary N) is 2. The van der Waals surface area contributed by atoms with Crippen LogP contribution < -0.4 is 16.6 Å². The molecule has 1 aliphatic rings. The predicted octanol–water partition coefficient (Wildman–Crippen LogP) is 0.824. The number of hydrogen-bond acceptors (Lipinski definition) is 3. The number of hydrazine groups is 1. The van der Waals surface area contributed by atoms with Crippen molar-refractivity contribution in [3.63, 3.8) is 0 Å². The molecule has 0 fully saturated rings. The molecule has 3 nitrogen and oxygen atoms in total. The fraction of sp³-hybridized carbons (Fsp3) is 0.500. The monoisotopic (exact) mass is 153 g/mol. The Morgan fingerprint density at radius 2 is 2.36 bits per heavy atom. The summed E-state index contributed by atoms with van der Waals surface area (Å²) in [7, 11) is 0. The van der Waals surface area contributed by atoms with Crippen molar-refractivity contribution < 1.29 is 0 Å². The second-order valence-electron chi connectivity index (χ2n) is 2.82. The van der Waals surface area contributed by atoms with E-state index in [0.29, 0.717) is 11.7 Å². The molecule has 4 N–H and O–H groups in total. The van der Waals surface area contributed by atoms with Crippen LogP contribution in [0.5, 0.6) is 0 Å². The van der Waals surface area contributed by atoms with E-state index in [0.717, 1.165) is 6.42 Å². The molecule has 0 aromatic carbocycles. The quantitative estimate of drug-likeness (QED) is 0.550. The first-order valence-electron chi connectivity index (χ1n) is 3.92. The normalized spacial score (nSPS) is 19.1. The molecule has 0 amide bonds. The van der Waals surface area contributed by atoms with Crippen LogP contribution in [0.4, 0.5) is 0 Å². The Bertz CT molecular complexity index is 194. The summed E-state index contributed by atoms with van der Waals surface area (Å²) in [6.07, 6.45) is 5.05. The highest BCUT2D eigenvalue weighted by atomic mass is 15.4. The molecule has 1 rings (SSSR count). The standard InChI is InChI=1S/C8H15N3/c1-3-6(2)7-4-8(9)11-10-5-7/h4-6,10-11H,3,9H2,1-2H3. The van der Waals surface area contributed by atoms with Gasteiger partial charge in [-0.3, -0.25) is 5.43 Å². The summed E-state index contributed by atoms with van der Waals surface area (Å²) < 4.78 is 0. The number of allylic oxidation sites excluding steroid dienone is 2. The van der Waals surface area contributed by atoms with Gasteiger partial charge in [0.1, 0.15) is 5.82 Å². The van der Waals surface area contributed by atoms with Gasteiger partial charge >= 0.3 is 0 Å². The largest absolute Gasteiger partial charge is 0.384 e. The van der Waals surface area contributed by atoms with Crippen molar-refractivity contribution in [2.24, 2.45) is 11.7 Å². The van der Waals surface area contributed by atoms with Crippen molar-refractivity contribution in [1.29, 1.82) is 0 Å². The molecule has 1 atom stereocenters. The average molecular weight is 153 g/mol. The van der Waals surface area contributed by atoms with Gasteiger partial charge in [-0.1, -0.05) is 13.8 Å². The van der Waals surface area contributed by atoms with E-state index in [1.165, 1.54) is 5.57 Å². The van der Waals surface area contributed by atoms with Crippen molar-refractivity contribution in [3.05, 3.63) is 23.7 Å². The van der Waals surface area contributed by atoms with E-state index in [9.17, 15) is 0 Å². The van der Waals surface area contributed by atoms with Gasteiger partial charge in [0.25, 0.3) is 0 Å². The second kappa shape index (κ2) is 3.32. The Morgan fingerprint density at radius 3 is 2.91 bits per heavy atom. The van der Waals surface area contributed by atoms with E-state index in [-0.39, 0.29) is 0 Å². The summed E-state index contributed by atoms with van der Waals surface area (Å²) >= 11 is 0. The topological polar surface area (TPSA) is 50.1 Å². The highest BCUT2D eigenvalue weighted by Crippen LogP contribution is 2.16. The maximum atomic E-state index is 5.56. The SMILES string of the molecule is CCC(C)C1=CNNC(N)=C1. The molecule has 0 spiro atoms. The molecule has 1 unspecified atom stereocenters. The fourth-order valence-electron chi connectivity index (χ4n) is 0.980. The molecule has 0 radical (unpaired) electrons. The first kappa shape index (κ1) is 7.98. The van der Waals surface area contributed by atoms with Crippen LogP contribution in [0, 0.1) is 5.92 Å². The van der Waals surface area contributed by atoms with Gasteiger partial charge < -0.3 is 11.2 Å². The van der Waals surface area contributed by atoms with Crippen molar-refractivity contribution >= 4 is 0 Å². The van der Waals surface area contributed by atoms with E-state index in [1.807, 2.05) is 12.3 Å². The van der Waals surface area contributed by atoms with Crippen LogP contribution in [0.3, 0.4) is 0 Å². The van der Waals surface area contributed by atoms with Crippen molar-refractivity contribution in [3.8, 4) is 0 Å². The van der Waals surface area contributed by atoms with Crippen molar-refractivity contribution in [2.45, 2.75) is 20.3 Å². The Balaban J connectivity index is 2.65. The molecule has 0 aromatic rings. The Labute approximate surface area is 67.3 Å². The maximum Gasteiger partial charge on any atom is 0.115 e. The summed E-state index contributed by atoms with van der Waals surface area (Å²) in [6, 6.07) is 0. The summed E-state index contributed by atoms with van der Waals surface area (Å²) in [5, 5.41) is 0. The fourth-order valence-corrected chi connectivity index (χ4v) is 0.980. The minimum Gasteiger partial charge on any atom is -0.384 e. The van der Waals surface area contributed by atoms with Crippen molar-refractivity contribution in [1.82, 2.24) is 10.9 Å². The van der Waals surface area contributed by atoms with Crippen LogP contribution in [0.25, 0.3) is 0 Å². The third kappa shape index (κ3) is 1.90. The highest BCUT2D eigenvalue weighted by Gasteiger charge is 2.06. The maximum absolute atomic E-state index is 5.56. The zero-order valence-electron chi connectivity index (χ0n) is 7.02. The van der Waals surface area contributed by atoms with E-state index in [4.69, 9.17) is 5.73 Å². The van der Waals surface area contributed by atoms with E-state index < -0.39 is 0 Å². The van der Waals surface area contributed by atoms with Crippen LogP contribution in [0.2, 0.25) is 0 Å². The van der Waals surface area contributed by atoms with Gasteiger partial charge in [-0.25, -0.2) is 0 Å². The minimum absolute atomic E-state index is 0.572.